The standard InChI is InChI=1S/C23H21Cl2N5/c24-17-7-5-16(6-8-17)19-14-22-28-27-21(13-15-9-11-26-12-10-15)30(22)29-23(19)18-3-1-2-4-20(18)25/h1-8,14-15,26H,9-13H2. The number of aromatic nitrogens is 4. The molecule has 2 aromatic carbocycles. The molecule has 2 aromatic heterocycles. The Morgan fingerprint density at radius 2 is 1.70 bits per heavy atom. The topological polar surface area (TPSA) is 55.1 Å². The normalized spacial score (nSPS) is 15.0. The maximum absolute atomic E-state index is 6.56. The highest BCUT2D eigenvalue weighted by molar-refractivity contribution is 6.33. The second kappa shape index (κ2) is 8.34. The molecule has 1 aliphatic rings. The smallest absolute Gasteiger partial charge is 0.178 e. The minimum atomic E-state index is 0.597. The molecule has 0 amide bonds. The monoisotopic (exact) mass is 437 g/mol. The van der Waals surface area contributed by atoms with Gasteiger partial charge in [0.05, 0.1) is 5.02 Å². The molecule has 0 aliphatic carbocycles. The molecule has 1 N–H and O–H groups in total. The highest BCUT2D eigenvalue weighted by Crippen LogP contribution is 2.35. The third-order valence-corrected chi connectivity index (χ3v) is 6.25. The van der Waals surface area contributed by atoms with Crippen molar-refractivity contribution in [3.8, 4) is 22.4 Å². The number of nitrogens with one attached hydrogen (secondary N) is 1. The summed E-state index contributed by atoms with van der Waals surface area (Å²) in [5.74, 6) is 1.49. The van der Waals surface area contributed by atoms with E-state index in [-0.39, 0.29) is 0 Å². The van der Waals surface area contributed by atoms with Gasteiger partial charge in [0.25, 0.3) is 0 Å². The van der Waals surface area contributed by atoms with Gasteiger partial charge in [-0.25, -0.2) is 0 Å². The van der Waals surface area contributed by atoms with Crippen molar-refractivity contribution in [2.45, 2.75) is 19.3 Å². The van der Waals surface area contributed by atoms with Gasteiger partial charge in [-0.05, 0) is 61.7 Å². The van der Waals surface area contributed by atoms with Crippen molar-refractivity contribution in [1.29, 1.82) is 0 Å². The highest BCUT2D eigenvalue weighted by atomic mass is 35.5. The Morgan fingerprint density at radius 3 is 2.47 bits per heavy atom. The Kier molecular flexibility index (Phi) is 5.42. The number of nitrogens with zero attached hydrogens (tertiary/aromatic N) is 4. The van der Waals surface area contributed by atoms with Crippen LogP contribution in [0.3, 0.4) is 0 Å². The van der Waals surface area contributed by atoms with Crippen LogP contribution in [0.2, 0.25) is 10.0 Å². The zero-order valence-electron chi connectivity index (χ0n) is 16.4. The van der Waals surface area contributed by atoms with E-state index >= 15 is 0 Å². The lowest BCUT2D eigenvalue weighted by Gasteiger charge is -2.21. The summed E-state index contributed by atoms with van der Waals surface area (Å²) in [5, 5.41) is 18.6. The zero-order chi connectivity index (χ0) is 20.5. The van der Waals surface area contributed by atoms with E-state index in [1.54, 1.807) is 0 Å². The summed E-state index contributed by atoms with van der Waals surface area (Å²) in [4.78, 5) is 0. The molecule has 152 valence electrons. The Balaban J connectivity index is 1.66. The van der Waals surface area contributed by atoms with Crippen LogP contribution in [0.4, 0.5) is 0 Å². The fourth-order valence-corrected chi connectivity index (χ4v) is 4.40. The molecule has 4 aromatic rings. The first-order valence-corrected chi connectivity index (χ1v) is 10.9. The van der Waals surface area contributed by atoms with Gasteiger partial charge in [-0.3, -0.25) is 0 Å². The molecule has 0 radical (unpaired) electrons. The summed E-state index contributed by atoms with van der Waals surface area (Å²) in [6, 6.07) is 17.5. The van der Waals surface area contributed by atoms with E-state index < -0.39 is 0 Å². The third kappa shape index (κ3) is 3.81. The number of rotatable bonds is 4. The van der Waals surface area contributed by atoms with Crippen LogP contribution >= 0.6 is 23.2 Å². The fourth-order valence-electron chi connectivity index (χ4n) is 4.05. The largest absolute Gasteiger partial charge is 0.317 e. The van der Waals surface area contributed by atoms with Gasteiger partial charge in [0, 0.05) is 22.6 Å². The van der Waals surface area contributed by atoms with Crippen molar-refractivity contribution in [2.75, 3.05) is 13.1 Å². The number of benzene rings is 2. The summed E-state index contributed by atoms with van der Waals surface area (Å²) < 4.78 is 1.88. The van der Waals surface area contributed by atoms with Crippen molar-refractivity contribution in [1.82, 2.24) is 25.1 Å². The Bertz CT molecular complexity index is 1180. The molecule has 5 rings (SSSR count). The van der Waals surface area contributed by atoms with Gasteiger partial charge in [0.15, 0.2) is 11.5 Å². The molecule has 0 saturated carbocycles. The van der Waals surface area contributed by atoms with E-state index in [9.17, 15) is 0 Å². The zero-order valence-corrected chi connectivity index (χ0v) is 17.9. The molecule has 1 fully saturated rings. The second-order valence-corrected chi connectivity index (χ2v) is 8.52. The van der Waals surface area contributed by atoms with E-state index in [1.165, 1.54) is 0 Å². The van der Waals surface area contributed by atoms with Crippen LogP contribution in [-0.4, -0.2) is 32.9 Å². The van der Waals surface area contributed by atoms with Crippen molar-refractivity contribution in [3.05, 3.63) is 70.5 Å². The minimum absolute atomic E-state index is 0.597. The van der Waals surface area contributed by atoms with Gasteiger partial charge in [-0.2, -0.15) is 9.61 Å². The summed E-state index contributed by atoms with van der Waals surface area (Å²) in [6.45, 7) is 2.11. The highest BCUT2D eigenvalue weighted by Gasteiger charge is 2.20. The molecular weight excluding hydrogens is 417 g/mol. The van der Waals surface area contributed by atoms with Crippen LogP contribution in [0.25, 0.3) is 28.0 Å². The maximum atomic E-state index is 6.56. The SMILES string of the molecule is Clc1ccc(-c2cc3nnc(CC4CCNCC4)n3nc2-c2ccccc2Cl)cc1. The predicted octanol–water partition coefficient (Wildman–Crippen LogP) is 5.31. The molecule has 30 heavy (non-hydrogen) atoms. The minimum Gasteiger partial charge on any atom is -0.317 e. The van der Waals surface area contributed by atoms with Crippen molar-refractivity contribution in [3.63, 3.8) is 0 Å². The molecule has 3 heterocycles. The molecule has 0 bridgehead atoms. The van der Waals surface area contributed by atoms with Crippen molar-refractivity contribution in [2.24, 2.45) is 5.92 Å². The van der Waals surface area contributed by atoms with Crippen LogP contribution in [0.1, 0.15) is 18.7 Å². The van der Waals surface area contributed by atoms with Gasteiger partial charge in [-0.15, -0.1) is 10.2 Å². The number of hydrogen-bond donors (Lipinski definition) is 1. The van der Waals surface area contributed by atoms with Crippen molar-refractivity contribution >= 4 is 28.8 Å². The Labute approximate surface area is 185 Å². The molecule has 1 saturated heterocycles. The van der Waals surface area contributed by atoms with Gasteiger partial charge in [0.2, 0.25) is 0 Å². The lowest BCUT2D eigenvalue weighted by molar-refractivity contribution is 0.365. The molecule has 7 heteroatoms. The van der Waals surface area contributed by atoms with E-state index in [2.05, 4.69) is 15.5 Å². The molecular formula is C23H21Cl2N5. The number of hydrogen-bond acceptors (Lipinski definition) is 4. The van der Waals surface area contributed by atoms with E-state index in [1.807, 2.05) is 59.1 Å². The molecule has 0 atom stereocenters. The lowest BCUT2D eigenvalue weighted by Crippen LogP contribution is -2.29. The first-order chi connectivity index (χ1) is 14.7. The molecule has 5 nitrogen and oxygen atoms in total. The number of halogens is 2. The van der Waals surface area contributed by atoms with Crippen LogP contribution < -0.4 is 5.32 Å². The summed E-state index contributed by atoms with van der Waals surface area (Å²) in [7, 11) is 0. The number of fused-ring (bicyclic) bond motifs is 1. The van der Waals surface area contributed by atoms with Crippen LogP contribution in [0.15, 0.2) is 54.6 Å². The van der Waals surface area contributed by atoms with Crippen molar-refractivity contribution < 1.29 is 0 Å². The number of piperidine rings is 1. The first-order valence-electron chi connectivity index (χ1n) is 10.2. The van der Waals surface area contributed by atoms with E-state index in [4.69, 9.17) is 28.3 Å². The molecule has 0 spiro atoms. The van der Waals surface area contributed by atoms with Crippen LogP contribution in [0.5, 0.6) is 0 Å². The van der Waals surface area contributed by atoms with E-state index in [0.717, 1.165) is 66.2 Å². The van der Waals surface area contributed by atoms with Crippen LogP contribution in [0, 0.1) is 5.92 Å². The third-order valence-electron chi connectivity index (χ3n) is 5.67. The Hall–Kier alpha value is -2.47. The Morgan fingerprint density at radius 1 is 0.933 bits per heavy atom. The predicted molar refractivity (Wildman–Crippen MR) is 121 cm³/mol. The average molecular weight is 438 g/mol. The average Bonchev–Trinajstić information content (AvgIpc) is 3.16. The van der Waals surface area contributed by atoms with Gasteiger partial charge in [0.1, 0.15) is 5.69 Å². The maximum Gasteiger partial charge on any atom is 0.178 e. The van der Waals surface area contributed by atoms with E-state index in [0.29, 0.717) is 16.0 Å². The summed E-state index contributed by atoms with van der Waals surface area (Å²) >= 11 is 12.7. The van der Waals surface area contributed by atoms with Gasteiger partial charge < -0.3 is 5.32 Å². The first kappa shape index (κ1) is 19.5. The fraction of sp³-hybridized carbons (Fsp3) is 0.261. The van der Waals surface area contributed by atoms with Gasteiger partial charge in [-0.1, -0.05) is 53.5 Å². The quantitative estimate of drug-likeness (QED) is 0.470. The molecule has 1 aliphatic heterocycles. The van der Waals surface area contributed by atoms with Crippen LogP contribution in [-0.2, 0) is 6.42 Å². The second-order valence-electron chi connectivity index (χ2n) is 7.68. The molecule has 0 unspecified atom stereocenters. The summed E-state index contributed by atoms with van der Waals surface area (Å²) in [5.41, 5.74) is 4.38. The summed E-state index contributed by atoms with van der Waals surface area (Å²) in [6.07, 6.45) is 3.17. The van der Waals surface area contributed by atoms with Gasteiger partial charge >= 0.3 is 0 Å². The lowest BCUT2D eigenvalue weighted by atomic mass is 9.94.